The molecule has 0 heterocycles. The summed E-state index contributed by atoms with van der Waals surface area (Å²) in [7, 11) is 1.76. The number of methoxy groups -OCH3 is 1. The second-order valence-electron chi connectivity index (χ2n) is 18.1. The van der Waals surface area contributed by atoms with Crippen LogP contribution in [0.2, 0.25) is 0 Å². The second-order valence-corrected chi connectivity index (χ2v) is 18.1. The lowest BCUT2D eigenvalue weighted by molar-refractivity contribution is 0.127. The van der Waals surface area contributed by atoms with Crippen molar-refractivity contribution >= 4 is 43.1 Å². The molecule has 62 heavy (non-hydrogen) atoms. The lowest BCUT2D eigenvalue weighted by Crippen LogP contribution is -2.13. The zero-order valence-corrected chi connectivity index (χ0v) is 38.6. The summed E-state index contributed by atoms with van der Waals surface area (Å²) in [6.07, 6.45) is 20.0. The summed E-state index contributed by atoms with van der Waals surface area (Å²) in [6, 6.07) is 41.9. The van der Waals surface area contributed by atoms with Crippen molar-refractivity contribution in [2.24, 2.45) is 5.92 Å². The van der Waals surface area contributed by atoms with Crippen LogP contribution < -0.4 is 9.47 Å². The summed E-state index contributed by atoms with van der Waals surface area (Å²) >= 11 is 0. The fourth-order valence-corrected chi connectivity index (χ4v) is 9.36. The van der Waals surface area contributed by atoms with Gasteiger partial charge in [0, 0.05) is 13.0 Å². The van der Waals surface area contributed by atoms with Gasteiger partial charge in [0.25, 0.3) is 0 Å². The zero-order chi connectivity index (χ0) is 43.1. The van der Waals surface area contributed by atoms with Gasteiger partial charge in [0.2, 0.25) is 0 Å². The summed E-state index contributed by atoms with van der Waals surface area (Å²) in [5, 5.41) is 9.98. The van der Waals surface area contributed by atoms with Gasteiger partial charge in [-0.25, -0.2) is 0 Å². The van der Waals surface area contributed by atoms with Gasteiger partial charge < -0.3 is 14.2 Å². The molecule has 0 spiro atoms. The molecule has 7 aromatic carbocycles. The van der Waals surface area contributed by atoms with Crippen LogP contribution >= 0.6 is 0 Å². The van der Waals surface area contributed by atoms with Gasteiger partial charge in [0.1, 0.15) is 11.5 Å². The predicted molar refractivity (Wildman–Crippen MR) is 268 cm³/mol. The Morgan fingerprint density at radius 3 is 1.37 bits per heavy atom. The first-order chi connectivity index (χ1) is 30.5. The SMILES string of the molecule is CCCCCCCCOc1ccc2c(-c3ccc4cc(CCCCCC)ccc4c3)c3cc(OCC(C)COC)ccc3c(-c3ccc4cc(CCCCCC)ccc4c3)c2c1. The van der Waals surface area contributed by atoms with Crippen LogP contribution in [0.1, 0.15) is 129 Å². The van der Waals surface area contributed by atoms with Crippen molar-refractivity contribution in [2.45, 2.75) is 130 Å². The molecule has 0 aliphatic rings. The van der Waals surface area contributed by atoms with Crippen LogP contribution in [0.15, 0.2) is 109 Å². The van der Waals surface area contributed by atoms with Gasteiger partial charge in [-0.2, -0.15) is 0 Å². The number of ether oxygens (including phenoxy) is 3. The fourth-order valence-electron chi connectivity index (χ4n) is 9.36. The lowest BCUT2D eigenvalue weighted by atomic mass is 9.85. The van der Waals surface area contributed by atoms with Crippen LogP contribution in [0.3, 0.4) is 0 Å². The highest BCUT2D eigenvalue weighted by Gasteiger charge is 2.20. The maximum Gasteiger partial charge on any atom is 0.119 e. The average molecular weight is 829 g/mol. The van der Waals surface area contributed by atoms with Gasteiger partial charge in [-0.3, -0.25) is 0 Å². The number of hydrogen-bond donors (Lipinski definition) is 0. The molecule has 3 nitrogen and oxygen atoms in total. The molecule has 0 aliphatic heterocycles. The monoisotopic (exact) mass is 829 g/mol. The van der Waals surface area contributed by atoms with E-state index in [2.05, 4.69) is 137 Å². The summed E-state index contributed by atoms with van der Waals surface area (Å²) in [5.41, 5.74) is 7.76. The van der Waals surface area contributed by atoms with Crippen molar-refractivity contribution < 1.29 is 14.2 Å². The topological polar surface area (TPSA) is 27.7 Å². The second kappa shape index (κ2) is 23.0. The molecule has 0 aromatic heterocycles. The third-order valence-electron chi connectivity index (χ3n) is 12.8. The molecule has 3 heteroatoms. The minimum absolute atomic E-state index is 0.281. The van der Waals surface area contributed by atoms with Gasteiger partial charge in [-0.05, 0) is 145 Å². The van der Waals surface area contributed by atoms with Crippen LogP contribution in [0, 0.1) is 5.92 Å². The number of fused-ring (bicyclic) bond motifs is 4. The van der Waals surface area contributed by atoms with Crippen LogP contribution in [0.25, 0.3) is 65.3 Å². The molecule has 0 bridgehead atoms. The molecular weight excluding hydrogens is 757 g/mol. The third kappa shape index (κ3) is 11.6. The van der Waals surface area contributed by atoms with E-state index in [-0.39, 0.29) is 5.92 Å². The molecule has 0 fully saturated rings. The van der Waals surface area contributed by atoms with Crippen molar-refractivity contribution in [2.75, 3.05) is 26.9 Å². The Morgan fingerprint density at radius 2 is 0.855 bits per heavy atom. The van der Waals surface area contributed by atoms with E-state index in [0.717, 1.165) is 37.4 Å². The van der Waals surface area contributed by atoms with Crippen molar-refractivity contribution in [3.63, 3.8) is 0 Å². The highest BCUT2D eigenvalue weighted by atomic mass is 16.5. The van der Waals surface area contributed by atoms with E-state index in [1.54, 1.807) is 7.11 Å². The number of unbranched alkanes of at least 4 members (excludes halogenated alkanes) is 11. The summed E-state index contributed by atoms with van der Waals surface area (Å²) in [4.78, 5) is 0. The minimum Gasteiger partial charge on any atom is -0.494 e. The molecule has 326 valence electrons. The summed E-state index contributed by atoms with van der Waals surface area (Å²) < 4.78 is 18.6. The third-order valence-corrected chi connectivity index (χ3v) is 12.8. The first-order valence-electron chi connectivity index (χ1n) is 24.3. The quantitative estimate of drug-likeness (QED) is 0.0424. The van der Waals surface area contributed by atoms with E-state index >= 15 is 0 Å². The van der Waals surface area contributed by atoms with Gasteiger partial charge >= 0.3 is 0 Å². The summed E-state index contributed by atoms with van der Waals surface area (Å²) in [6.45, 7) is 11.0. The van der Waals surface area contributed by atoms with Gasteiger partial charge in [0.05, 0.1) is 19.8 Å². The van der Waals surface area contributed by atoms with Gasteiger partial charge in [-0.1, -0.05) is 171 Å². The zero-order valence-electron chi connectivity index (χ0n) is 38.6. The smallest absolute Gasteiger partial charge is 0.119 e. The Kier molecular flexibility index (Phi) is 16.8. The Labute approximate surface area is 373 Å². The van der Waals surface area contributed by atoms with Gasteiger partial charge in [0.15, 0.2) is 0 Å². The predicted octanol–water partition coefficient (Wildman–Crippen LogP) is 17.3. The lowest BCUT2D eigenvalue weighted by Gasteiger charge is -2.20. The standard InChI is InChI=1S/C59H72O3/c1-6-9-12-15-16-19-34-61-52-30-32-54-56(39-52)58(50-28-26-46-35-44(20-17-13-10-7-2)22-24-48(46)37-50)55-33-31-53(62-42-43(4)41-60-5)40-57(55)59(54)51-29-27-47-36-45(21-18-14-11-8-3)23-25-49(47)38-51/h22-33,35-40,43H,6-21,34,41-42H2,1-5H3. The minimum atomic E-state index is 0.281. The molecule has 0 N–H and O–H groups in total. The van der Waals surface area contributed by atoms with Crippen molar-refractivity contribution in [1.29, 1.82) is 0 Å². The molecule has 0 radical (unpaired) electrons. The molecule has 1 atom stereocenters. The Morgan fingerprint density at radius 1 is 0.403 bits per heavy atom. The maximum absolute atomic E-state index is 6.57. The van der Waals surface area contributed by atoms with Crippen LogP contribution in [0.4, 0.5) is 0 Å². The average Bonchev–Trinajstić information content (AvgIpc) is 3.29. The molecule has 0 saturated heterocycles. The van der Waals surface area contributed by atoms with E-state index in [9.17, 15) is 0 Å². The normalized spacial score (nSPS) is 12.2. The number of benzene rings is 7. The van der Waals surface area contributed by atoms with Crippen molar-refractivity contribution in [3.05, 3.63) is 120 Å². The van der Waals surface area contributed by atoms with Crippen molar-refractivity contribution in [1.82, 2.24) is 0 Å². The van der Waals surface area contributed by atoms with E-state index in [4.69, 9.17) is 14.2 Å². The molecule has 7 rings (SSSR count). The van der Waals surface area contributed by atoms with Crippen LogP contribution in [-0.4, -0.2) is 26.9 Å². The Hall–Kier alpha value is -4.86. The van der Waals surface area contributed by atoms with E-state index in [1.807, 2.05) is 0 Å². The molecule has 7 aromatic rings. The molecule has 0 amide bonds. The highest BCUT2D eigenvalue weighted by molar-refractivity contribution is 6.22. The van der Waals surface area contributed by atoms with Gasteiger partial charge in [-0.15, -0.1) is 0 Å². The van der Waals surface area contributed by atoms with Crippen LogP contribution in [-0.2, 0) is 17.6 Å². The van der Waals surface area contributed by atoms with E-state index in [1.165, 1.54) is 160 Å². The van der Waals surface area contributed by atoms with Crippen molar-refractivity contribution in [3.8, 4) is 33.8 Å². The fraction of sp³-hybridized carbons (Fsp3) is 0.424. The number of hydrogen-bond acceptors (Lipinski definition) is 3. The Balaban J connectivity index is 1.36. The maximum atomic E-state index is 6.57. The number of aryl methyl sites for hydroxylation is 2. The van der Waals surface area contributed by atoms with Crippen LogP contribution in [0.5, 0.6) is 11.5 Å². The number of rotatable bonds is 25. The highest BCUT2D eigenvalue weighted by Crippen LogP contribution is 2.46. The van der Waals surface area contributed by atoms with E-state index < -0.39 is 0 Å². The van der Waals surface area contributed by atoms with E-state index in [0.29, 0.717) is 13.2 Å². The molecule has 0 aliphatic carbocycles. The Bertz CT molecular complexity index is 2510. The first kappa shape index (κ1) is 45.2. The molecule has 1 unspecified atom stereocenters. The largest absolute Gasteiger partial charge is 0.494 e. The molecule has 0 saturated carbocycles. The first-order valence-corrected chi connectivity index (χ1v) is 24.3. The molecular formula is C59H72O3. The summed E-state index contributed by atoms with van der Waals surface area (Å²) in [5.74, 6) is 2.09.